The Kier molecular flexibility index (Phi) is 7.97. The molecule has 1 aliphatic rings. The summed E-state index contributed by atoms with van der Waals surface area (Å²) in [6.07, 6.45) is 7.77. The molecule has 35 heavy (non-hydrogen) atoms. The lowest BCUT2D eigenvalue weighted by Crippen LogP contribution is -2.34. The van der Waals surface area contributed by atoms with E-state index in [0.29, 0.717) is 46.2 Å². The summed E-state index contributed by atoms with van der Waals surface area (Å²) in [5.41, 5.74) is 1.02. The smallest absolute Gasteiger partial charge is 0.226 e. The number of aromatic nitrogens is 1. The van der Waals surface area contributed by atoms with E-state index in [4.69, 9.17) is 26.4 Å². The fourth-order valence-corrected chi connectivity index (χ4v) is 4.53. The fourth-order valence-electron chi connectivity index (χ4n) is 4.30. The number of hydrogen-bond donors (Lipinski definition) is 2. The molecule has 0 atom stereocenters. The first-order valence-corrected chi connectivity index (χ1v) is 12.0. The van der Waals surface area contributed by atoms with Gasteiger partial charge in [0.25, 0.3) is 0 Å². The van der Waals surface area contributed by atoms with Crippen LogP contribution in [0.2, 0.25) is 0 Å². The van der Waals surface area contributed by atoms with Gasteiger partial charge in [0.05, 0.1) is 19.7 Å². The Morgan fingerprint density at radius 2 is 1.80 bits per heavy atom. The Morgan fingerprint density at radius 3 is 2.51 bits per heavy atom. The summed E-state index contributed by atoms with van der Waals surface area (Å²) in [6.45, 7) is 0. The Labute approximate surface area is 209 Å². The van der Waals surface area contributed by atoms with Gasteiger partial charge < -0.3 is 24.8 Å². The van der Waals surface area contributed by atoms with E-state index in [2.05, 4.69) is 15.6 Å². The van der Waals surface area contributed by atoms with Crippen LogP contribution in [0.15, 0.2) is 42.6 Å². The van der Waals surface area contributed by atoms with Crippen molar-refractivity contribution in [3.8, 4) is 23.0 Å². The SMILES string of the molecule is COc1cc2nccc(Oc3ccc(NC(=S)NC(=O)CCC4CCCC4)cc3F)c2cc1OC. The van der Waals surface area contributed by atoms with Crippen LogP contribution in [0.3, 0.4) is 0 Å². The number of ether oxygens (including phenoxy) is 3. The van der Waals surface area contributed by atoms with Crippen LogP contribution in [0.1, 0.15) is 38.5 Å². The van der Waals surface area contributed by atoms with Crippen molar-refractivity contribution in [3.63, 3.8) is 0 Å². The summed E-state index contributed by atoms with van der Waals surface area (Å²) >= 11 is 5.21. The van der Waals surface area contributed by atoms with E-state index < -0.39 is 5.82 Å². The number of carbonyl (C=O) groups is 1. The molecule has 1 aromatic heterocycles. The van der Waals surface area contributed by atoms with Gasteiger partial charge in [-0.05, 0) is 48.8 Å². The normalized spacial score (nSPS) is 13.5. The maximum Gasteiger partial charge on any atom is 0.226 e. The van der Waals surface area contributed by atoms with Crippen molar-refractivity contribution in [3.05, 3.63) is 48.4 Å². The van der Waals surface area contributed by atoms with Crippen LogP contribution in [0.25, 0.3) is 10.9 Å². The molecular weight excluding hydrogens is 469 g/mol. The molecule has 184 valence electrons. The number of halogens is 1. The summed E-state index contributed by atoms with van der Waals surface area (Å²) < 4.78 is 31.4. The molecule has 2 N–H and O–H groups in total. The Morgan fingerprint density at radius 1 is 1.06 bits per heavy atom. The van der Waals surface area contributed by atoms with Crippen LogP contribution >= 0.6 is 12.2 Å². The lowest BCUT2D eigenvalue weighted by Gasteiger charge is -2.14. The van der Waals surface area contributed by atoms with Crippen LogP contribution < -0.4 is 24.8 Å². The van der Waals surface area contributed by atoms with Gasteiger partial charge in [0.15, 0.2) is 28.2 Å². The van der Waals surface area contributed by atoms with E-state index in [1.165, 1.54) is 44.9 Å². The van der Waals surface area contributed by atoms with Crippen molar-refractivity contribution in [2.75, 3.05) is 19.5 Å². The van der Waals surface area contributed by atoms with Gasteiger partial charge in [-0.3, -0.25) is 9.78 Å². The molecule has 0 saturated heterocycles. The molecule has 0 bridgehead atoms. The highest BCUT2D eigenvalue weighted by atomic mass is 32.1. The molecule has 1 saturated carbocycles. The van der Waals surface area contributed by atoms with E-state index in [0.717, 1.165) is 6.42 Å². The number of nitrogens with one attached hydrogen (secondary N) is 2. The molecule has 1 amide bonds. The lowest BCUT2D eigenvalue weighted by molar-refractivity contribution is -0.119. The number of anilines is 1. The molecule has 0 unspecified atom stereocenters. The van der Waals surface area contributed by atoms with Crippen molar-refractivity contribution in [2.45, 2.75) is 38.5 Å². The summed E-state index contributed by atoms with van der Waals surface area (Å²) in [5, 5.41) is 6.30. The minimum atomic E-state index is -0.587. The molecule has 0 spiro atoms. The molecule has 1 fully saturated rings. The van der Waals surface area contributed by atoms with E-state index in [1.54, 1.807) is 37.6 Å². The molecule has 9 heteroatoms. The van der Waals surface area contributed by atoms with Crippen molar-refractivity contribution in [1.82, 2.24) is 10.3 Å². The average molecular weight is 498 g/mol. The molecule has 1 aliphatic carbocycles. The minimum absolute atomic E-state index is 0.0318. The largest absolute Gasteiger partial charge is 0.493 e. The van der Waals surface area contributed by atoms with Crippen LogP contribution in [-0.2, 0) is 4.79 Å². The number of carbonyl (C=O) groups excluding carboxylic acids is 1. The van der Waals surface area contributed by atoms with Gasteiger partial charge in [-0.1, -0.05) is 25.7 Å². The highest BCUT2D eigenvalue weighted by Gasteiger charge is 2.17. The highest BCUT2D eigenvalue weighted by Crippen LogP contribution is 2.37. The van der Waals surface area contributed by atoms with Gasteiger partial charge >= 0.3 is 0 Å². The molecular formula is C26H28FN3O4S. The summed E-state index contributed by atoms with van der Waals surface area (Å²) in [5.74, 6) is 1.40. The van der Waals surface area contributed by atoms with Gasteiger partial charge in [-0.25, -0.2) is 4.39 Å². The van der Waals surface area contributed by atoms with Crippen LogP contribution in [0, 0.1) is 11.7 Å². The second-order valence-corrected chi connectivity index (χ2v) is 8.88. The first-order valence-electron chi connectivity index (χ1n) is 11.6. The molecule has 3 aromatic rings. The number of hydrogen-bond acceptors (Lipinski definition) is 6. The molecule has 0 radical (unpaired) electrons. The van der Waals surface area contributed by atoms with E-state index in [9.17, 15) is 9.18 Å². The standard InChI is InChI=1S/C26H28FN3O4S/c1-32-23-14-18-20(15-24(23)33-2)28-12-11-21(18)34-22-9-8-17(13-19(22)27)29-26(35)30-25(31)10-7-16-5-3-4-6-16/h8-9,11-16H,3-7,10H2,1-2H3,(H2,29,30,31,35). The number of pyridine rings is 1. The highest BCUT2D eigenvalue weighted by molar-refractivity contribution is 7.80. The van der Waals surface area contributed by atoms with Crippen molar-refractivity contribution >= 4 is 39.8 Å². The molecule has 1 heterocycles. The first-order chi connectivity index (χ1) is 17.0. The van der Waals surface area contributed by atoms with E-state index in [1.807, 2.05) is 0 Å². The lowest BCUT2D eigenvalue weighted by atomic mass is 10.0. The van der Waals surface area contributed by atoms with Crippen LogP contribution in [0.4, 0.5) is 10.1 Å². The second kappa shape index (κ2) is 11.3. The number of fused-ring (bicyclic) bond motifs is 1. The van der Waals surface area contributed by atoms with Gasteiger partial charge in [-0.2, -0.15) is 0 Å². The van der Waals surface area contributed by atoms with E-state index in [-0.39, 0.29) is 16.8 Å². The number of benzene rings is 2. The Bertz CT molecular complexity index is 1230. The third kappa shape index (κ3) is 6.16. The first kappa shape index (κ1) is 24.7. The number of rotatable bonds is 8. The number of thiocarbonyl (C=S) groups is 1. The third-order valence-electron chi connectivity index (χ3n) is 6.12. The zero-order chi connectivity index (χ0) is 24.8. The number of methoxy groups -OCH3 is 2. The topological polar surface area (TPSA) is 81.7 Å². The van der Waals surface area contributed by atoms with Gasteiger partial charge in [-0.15, -0.1) is 0 Å². The molecule has 0 aliphatic heterocycles. The van der Waals surface area contributed by atoms with Gasteiger partial charge in [0.2, 0.25) is 5.91 Å². The minimum Gasteiger partial charge on any atom is -0.493 e. The predicted octanol–water partition coefficient (Wildman–Crippen LogP) is 5.97. The van der Waals surface area contributed by atoms with Crippen LogP contribution in [0.5, 0.6) is 23.0 Å². The number of nitrogens with zero attached hydrogens (tertiary/aromatic N) is 1. The van der Waals surface area contributed by atoms with Crippen molar-refractivity contribution < 1.29 is 23.4 Å². The maximum absolute atomic E-state index is 14.9. The molecule has 7 nitrogen and oxygen atoms in total. The maximum atomic E-state index is 14.9. The molecule has 2 aromatic carbocycles. The summed E-state index contributed by atoms with van der Waals surface area (Å²) in [6, 6.07) is 9.50. The second-order valence-electron chi connectivity index (χ2n) is 8.47. The Balaban J connectivity index is 1.40. The summed E-state index contributed by atoms with van der Waals surface area (Å²) in [4.78, 5) is 16.5. The summed E-state index contributed by atoms with van der Waals surface area (Å²) in [7, 11) is 3.08. The van der Waals surface area contributed by atoms with Gasteiger partial charge in [0, 0.05) is 35.8 Å². The average Bonchev–Trinajstić information content (AvgIpc) is 3.37. The number of amides is 1. The van der Waals surface area contributed by atoms with Crippen LogP contribution in [-0.4, -0.2) is 30.2 Å². The fraction of sp³-hybridized carbons (Fsp3) is 0.346. The van der Waals surface area contributed by atoms with Gasteiger partial charge in [0.1, 0.15) is 5.75 Å². The predicted molar refractivity (Wildman–Crippen MR) is 137 cm³/mol. The quantitative estimate of drug-likeness (QED) is 0.371. The van der Waals surface area contributed by atoms with Crippen molar-refractivity contribution in [1.29, 1.82) is 0 Å². The van der Waals surface area contributed by atoms with E-state index >= 15 is 0 Å². The zero-order valence-electron chi connectivity index (χ0n) is 19.7. The van der Waals surface area contributed by atoms with Crippen molar-refractivity contribution in [2.24, 2.45) is 5.92 Å². The Hall–Kier alpha value is -3.46. The monoisotopic (exact) mass is 497 g/mol. The molecule has 4 rings (SSSR count). The third-order valence-corrected chi connectivity index (χ3v) is 6.33. The zero-order valence-corrected chi connectivity index (χ0v) is 20.5.